The van der Waals surface area contributed by atoms with Crippen molar-refractivity contribution in [2.45, 2.75) is 46.6 Å². The molecule has 0 saturated carbocycles. The van der Waals surface area contributed by atoms with Crippen molar-refractivity contribution >= 4 is 0 Å². The summed E-state index contributed by atoms with van der Waals surface area (Å²) in [7, 11) is 0. The van der Waals surface area contributed by atoms with Crippen LogP contribution in [0, 0.1) is 5.41 Å². The van der Waals surface area contributed by atoms with E-state index in [1.165, 1.54) is 12.0 Å². The average Bonchev–Trinajstić information content (AvgIpc) is 1.80. The lowest BCUT2D eigenvalue weighted by Crippen LogP contribution is -2.18. The fraction of sp³-hybridized carbons (Fsp3) is 0.800. The second kappa shape index (κ2) is 3.91. The maximum absolute atomic E-state index is 5.67. The Bertz CT molecular complexity index is 128. The maximum atomic E-state index is 5.67. The Kier molecular flexibility index (Phi) is 3.81. The van der Waals surface area contributed by atoms with E-state index >= 15 is 0 Å². The van der Waals surface area contributed by atoms with E-state index in [1.54, 1.807) is 0 Å². The molecule has 0 amide bonds. The zero-order chi connectivity index (χ0) is 9.07. The quantitative estimate of drug-likeness (QED) is 0.623. The van der Waals surface area contributed by atoms with Gasteiger partial charge in [0.15, 0.2) is 0 Å². The van der Waals surface area contributed by atoms with Crippen molar-refractivity contribution < 1.29 is 0 Å². The van der Waals surface area contributed by atoms with Gasteiger partial charge in [-0.3, -0.25) is 0 Å². The lowest BCUT2D eigenvalue weighted by molar-refractivity contribution is 0.375. The van der Waals surface area contributed by atoms with Crippen molar-refractivity contribution in [2.24, 2.45) is 11.1 Å². The van der Waals surface area contributed by atoms with Gasteiger partial charge in [0.25, 0.3) is 0 Å². The standard InChI is InChI=1S/C10H21N/c1-8(9(2)11)6-7-10(3,4)5/h9H,1,6-7,11H2,2-5H3. The maximum Gasteiger partial charge on any atom is 0.0222 e. The van der Waals surface area contributed by atoms with Gasteiger partial charge in [-0.25, -0.2) is 0 Å². The highest BCUT2D eigenvalue weighted by Gasteiger charge is 2.11. The highest BCUT2D eigenvalue weighted by Crippen LogP contribution is 2.23. The molecule has 0 aromatic rings. The topological polar surface area (TPSA) is 26.0 Å². The fourth-order valence-corrected chi connectivity index (χ4v) is 0.763. The van der Waals surface area contributed by atoms with Crippen LogP contribution in [-0.4, -0.2) is 6.04 Å². The van der Waals surface area contributed by atoms with E-state index in [0.29, 0.717) is 5.41 Å². The van der Waals surface area contributed by atoms with Crippen LogP contribution in [-0.2, 0) is 0 Å². The normalized spacial score (nSPS) is 14.6. The van der Waals surface area contributed by atoms with Gasteiger partial charge < -0.3 is 5.73 Å². The van der Waals surface area contributed by atoms with Crippen LogP contribution < -0.4 is 5.73 Å². The molecule has 11 heavy (non-hydrogen) atoms. The molecule has 0 fully saturated rings. The fourth-order valence-electron chi connectivity index (χ4n) is 0.763. The van der Waals surface area contributed by atoms with Gasteiger partial charge in [0.2, 0.25) is 0 Å². The average molecular weight is 155 g/mol. The van der Waals surface area contributed by atoms with Crippen LogP contribution in [0.25, 0.3) is 0 Å². The Morgan fingerprint density at radius 1 is 1.45 bits per heavy atom. The van der Waals surface area contributed by atoms with Gasteiger partial charge in [0.1, 0.15) is 0 Å². The van der Waals surface area contributed by atoms with E-state index in [9.17, 15) is 0 Å². The lowest BCUT2D eigenvalue weighted by Gasteiger charge is -2.19. The van der Waals surface area contributed by atoms with Crippen molar-refractivity contribution in [3.05, 3.63) is 12.2 Å². The predicted molar refractivity (Wildman–Crippen MR) is 51.5 cm³/mol. The third-order valence-corrected chi connectivity index (χ3v) is 1.84. The zero-order valence-electron chi connectivity index (χ0n) is 8.28. The Hall–Kier alpha value is -0.300. The second-order valence-corrected chi connectivity index (χ2v) is 4.51. The van der Waals surface area contributed by atoms with E-state index in [1.807, 2.05) is 6.92 Å². The molecular formula is C10H21N. The van der Waals surface area contributed by atoms with Crippen LogP contribution in [0.1, 0.15) is 40.5 Å². The highest BCUT2D eigenvalue weighted by atomic mass is 14.6. The van der Waals surface area contributed by atoms with Crippen molar-refractivity contribution in [1.29, 1.82) is 0 Å². The van der Waals surface area contributed by atoms with Gasteiger partial charge in [-0.1, -0.05) is 32.9 Å². The number of hydrogen-bond donors (Lipinski definition) is 1. The molecule has 0 bridgehead atoms. The highest BCUT2D eigenvalue weighted by molar-refractivity contribution is 5.02. The Morgan fingerprint density at radius 2 is 1.91 bits per heavy atom. The number of rotatable bonds is 3. The van der Waals surface area contributed by atoms with Gasteiger partial charge >= 0.3 is 0 Å². The molecule has 0 rings (SSSR count). The van der Waals surface area contributed by atoms with E-state index in [0.717, 1.165) is 6.42 Å². The SMILES string of the molecule is C=C(CCC(C)(C)C)C(C)N. The summed E-state index contributed by atoms with van der Waals surface area (Å²) in [6.45, 7) is 12.6. The molecule has 0 spiro atoms. The summed E-state index contributed by atoms with van der Waals surface area (Å²) in [6, 6.07) is 0.150. The van der Waals surface area contributed by atoms with Crippen LogP contribution in [0.3, 0.4) is 0 Å². The van der Waals surface area contributed by atoms with Gasteiger partial charge in [0.05, 0.1) is 0 Å². The summed E-state index contributed by atoms with van der Waals surface area (Å²) in [5, 5.41) is 0. The first-order valence-corrected chi connectivity index (χ1v) is 4.26. The molecule has 0 saturated heterocycles. The van der Waals surface area contributed by atoms with Crippen LogP contribution in [0.2, 0.25) is 0 Å². The van der Waals surface area contributed by atoms with Gasteiger partial charge in [-0.15, -0.1) is 0 Å². The molecule has 1 heteroatoms. The van der Waals surface area contributed by atoms with E-state index in [2.05, 4.69) is 27.4 Å². The minimum Gasteiger partial charge on any atom is -0.324 e. The summed E-state index contributed by atoms with van der Waals surface area (Å²) < 4.78 is 0. The Balaban J connectivity index is 3.64. The third-order valence-electron chi connectivity index (χ3n) is 1.84. The molecule has 0 aliphatic heterocycles. The van der Waals surface area contributed by atoms with E-state index < -0.39 is 0 Å². The molecule has 0 radical (unpaired) electrons. The minimum atomic E-state index is 0.150. The predicted octanol–water partition coefficient (Wildman–Crippen LogP) is 2.72. The van der Waals surface area contributed by atoms with Crippen LogP contribution in [0.4, 0.5) is 0 Å². The Labute approximate surface area is 70.7 Å². The lowest BCUT2D eigenvalue weighted by atomic mass is 9.88. The molecule has 0 aliphatic rings. The summed E-state index contributed by atoms with van der Waals surface area (Å²) in [5.41, 5.74) is 7.23. The summed E-state index contributed by atoms with van der Waals surface area (Å²) >= 11 is 0. The molecule has 0 aliphatic carbocycles. The van der Waals surface area contributed by atoms with Crippen molar-refractivity contribution in [1.82, 2.24) is 0 Å². The first-order chi connectivity index (χ1) is 4.83. The van der Waals surface area contributed by atoms with Crippen LogP contribution in [0.5, 0.6) is 0 Å². The van der Waals surface area contributed by atoms with E-state index in [4.69, 9.17) is 5.73 Å². The smallest absolute Gasteiger partial charge is 0.0222 e. The molecule has 0 aromatic heterocycles. The van der Waals surface area contributed by atoms with Crippen molar-refractivity contribution in [2.75, 3.05) is 0 Å². The van der Waals surface area contributed by atoms with Crippen molar-refractivity contribution in [3.63, 3.8) is 0 Å². The van der Waals surface area contributed by atoms with Crippen LogP contribution >= 0.6 is 0 Å². The molecule has 2 N–H and O–H groups in total. The zero-order valence-corrected chi connectivity index (χ0v) is 8.28. The molecular weight excluding hydrogens is 134 g/mol. The van der Waals surface area contributed by atoms with Gasteiger partial charge in [-0.2, -0.15) is 0 Å². The molecule has 1 atom stereocenters. The molecule has 1 unspecified atom stereocenters. The molecule has 1 nitrogen and oxygen atoms in total. The summed E-state index contributed by atoms with van der Waals surface area (Å²) in [4.78, 5) is 0. The van der Waals surface area contributed by atoms with E-state index in [-0.39, 0.29) is 6.04 Å². The monoisotopic (exact) mass is 155 g/mol. The third kappa shape index (κ3) is 6.11. The Morgan fingerprint density at radius 3 is 2.18 bits per heavy atom. The summed E-state index contributed by atoms with van der Waals surface area (Å²) in [6.07, 6.45) is 2.23. The number of hydrogen-bond acceptors (Lipinski definition) is 1. The minimum absolute atomic E-state index is 0.150. The second-order valence-electron chi connectivity index (χ2n) is 4.51. The first-order valence-electron chi connectivity index (χ1n) is 4.26. The number of nitrogens with two attached hydrogens (primary N) is 1. The van der Waals surface area contributed by atoms with Crippen molar-refractivity contribution in [3.8, 4) is 0 Å². The molecule has 0 aromatic carbocycles. The van der Waals surface area contributed by atoms with Gasteiger partial charge in [0, 0.05) is 6.04 Å². The summed E-state index contributed by atoms with van der Waals surface area (Å²) in [5.74, 6) is 0. The van der Waals surface area contributed by atoms with Crippen LogP contribution in [0.15, 0.2) is 12.2 Å². The first kappa shape index (κ1) is 10.7. The largest absolute Gasteiger partial charge is 0.324 e. The molecule has 0 heterocycles. The molecule has 66 valence electrons. The van der Waals surface area contributed by atoms with Gasteiger partial charge in [-0.05, 0) is 25.2 Å².